The fourth-order valence-electron chi connectivity index (χ4n) is 0.784. The van der Waals surface area contributed by atoms with Crippen molar-refractivity contribution in [2.24, 2.45) is 5.41 Å². The molecule has 0 saturated carbocycles. The Kier molecular flexibility index (Phi) is 6.76. The van der Waals surface area contributed by atoms with Gasteiger partial charge in [-0.1, -0.05) is 11.8 Å². The average molecular weight is 269 g/mol. The molecule has 0 aliphatic carbocycles. The Balaban J connectivity index is 3.94. The van der Waals surface area contributed by atoms with E-state index in [0.717, 1.165) is 11.8 Å². The van der Waals surface area contributed by atoms with E-state index in [0.29, 0.717) is 5.75 Å². The van der Waals surface area contributed by atoms with Crippen LogP contribution >= 0.6 is 19.8 Å². The smallest absolute Gasteiger partial charge is 0.293 e. The summed E-state index contributed by atoms with van der Waals surface area (Å²) in [5.74, 6) is 0.404. The van der Waals surface area contributed by atoms with Crippen LogP contribution in [0.5, 0.6) is 0 Å². The lowest BCUT2D eigenvalue weighted by molar-refractivity contribution is -0.134. The second kappa shape index (κ2) is 7.87. The van der Waals surface area contributed by atoms with E-state index < -0.39 is 19.9 Å². The van der Waals surface area contributed by atoms with E-state index >= 15 is 0 Å². The molecule has 0 saturated heterocycles. The lowest BCUT2D eigenvalue weighted by Crippen LogP contribution is -2.27. The number of ether oxygens (including phenoxy) is 1. The van der Waals surface area contributed by atoms with Crippen LogP contribution in [-0.2, 0) is 23.4 Å². The van der Waals surface area contributed by atoms with Crippen LogP contribution in [0.1, 0.15) is 15.2 Å². The molecule has 0 fully saturated rings. The molecule has 0 aromatic heterocycles. The van der Waals surface area contributed by atoms with E-state index in [1.54, 1.807) is 13.8 Å². The van der Waals surface area contributed by atoms with Gasteiger partial charge in [-0.3, -0.25) is 14.2 Å². The zero-order valence-corrected chi connectivity index (χ0v) is 11.4. The summed E-state index contributed by atoms with van der Waals surface area (Å²) in [7, 11) is -1.96. The van der Waals surface area contributed by atoms with Crippen LogP contribution in [0.3, 0.4) is 0 Å². The topological polar surface area (TPSA) is 69.7 Å². The fraction of sp³-hybridized carbons (Fsp3) is 0.778. The first-order valence-electron chi connectivity index (χ1n) is 5.19. The predicted octanol–water partition coefficient (Wildman–Crippen LogP) is 1.57. The second-order valence-corrected chi connectivity index (χ2v) is 6.07. The maximum atomic E-state index is 11.7. The third-order valence-corrected chi connectivity index (χ3v) is 3.46. The van der Waals surface area contributed by atoms with Crippen molar-refractivity contribution in [2.45, 2.75) is 13.8 Å². The lowest BCUT2D eigenvalue weighted by atomic mass is 9.97. The molecule has 0 bridgehead atoms. The Bertz CT molecular complexity index is 308. The van der Waals surface area contributed by atoms with Crippen LogP contribution in [0.4, 0.5) is 0 Å². The Morgan fingerprint density at radius 1 is 1.62 bits per heavy atom. The SMILES string of the molecule is [2H]C(=O)OCC(C)(C)C(=O)SCCO[PH](C)=O. The van der Waals surface area contributed by atoms with Crippen molar-refractivity contribution in [1.29, 1.82) is 0 Å². The van der Waals surface area contributed by atoms with Gasteiger partial charge >= 0.3 is 0 Å². The molecule has 1 atom stereocenters. The molecule has 0 heterocycles. The van der Waals surface area contributed by atoms with E-state index in [9.17, 15) is 14.2 Å². The molecule has 0 amide bonds. The third kappa shape index (κ3) is 7.04. The molecule has 0 aromatic rings. The number of hydrogen-bond donors (Lipinski definition) is 0. The number of carbonyl (C=O) groups excluding carboxylic acids is 2. The Labute approximate surface area is 102 Å². The van der Waals surface area contributed by atoms with Crippen LogP contribution in [0.25, 0.3) is 0 Å². The molecule has 16 heavy (non-hydrogen) atoms. The van der Waals surface area contributed by atoms with Crippen molar-refractivity contribution in [1.82, 2.24) is 0 Å². The van der Waals surface area contributed by atoms with Gasteiger partial charge in [0.05, 0.1) is 12.0 Å². The first kappa shape index (κ1) is 13.7. The van der Waals surface area contributed by atoms with E-state index in [4.69, 9.17) is 5.89 Å². The molecule has 1 unspecified atom stereocenters. The number of thioether (sulfide) groups is 1. The van der Waals surface area contributed by atoms with E-state index in [1.807, 2.05) is 0 Å². The highest BCUT2D eigenvalue weighted by Gasteiger charge is 2.28. The van der Waals surface area contributed by atoms with Gasteiger partial charge in [0.25, 0.3) is 6.45 Å². The van der Waals surface area contributed by atoms with E-state index in [-0.39, 0.29) is 18.3 Å². The van der Waals surface area contributed by atoms with Gasteiger partial charge in [-0.15, -0.1) is 0 Å². The van der Waals surface area contributed by atoms with Crippen molar-refractivity contribution < 1.29 is 24.8 Å². The minimum absolute atomic E-state index is 0.119. The van der Waals surface area contributed by atoms with Gasteiger partial charge in [-0.05, 0) is 13.8 Å². The molecule has 7 heteroatoms. The third-order valence-electron chi connectivity index (χ3n) is 1.67. The van der Waals surface area contributed by atoms with Crippen LogP contribution in [0.2, 0.25) is 0 Å². The zero-order valence-electron chi connectivity index (χ0n) is 10.6. The molecule has 94 valence electrons. The Hall–Kier alpha value is -0.320. The number of rotatable bonds is 7. The second-order valence-electron chi connectivity index (χ2n) is 3.73. The van der Waals surface area contributed by atoms with E-state index in [2.05, 4.69) is 4.74 Å². The summed E-state index contributed by atoms with van der Waals surface area (Å²) >= 11 is 1.04. The molecule has 0 N–H and O–H groups in total. The summed E-state index contributed by atoms with van der Waals surface area (Å²) in [4.78, 5) is 22.0. The summed E-state index contributed by atoms with van der Waals surface area (Å²) in [6.07, 6.45) is -1.15. The Morgan fingerprint density at radius 2 is 2.25 bits per heavy atom. The van der Waals surface area contributed by atoms with Gasteiger partial charge in [-0.25, -0.2) is 0 Å². The number of carbonyl (C=O) groups is 2. The van der Waals surface area contributed by atoms with Crippen molar-refractivity contribution >= 4 is 31.4 Å². The maximum absolute atomic E-state index is 11.7. The van der Waals surface area contributed by atoms with Gasteiger partial charge in [0.1, 0.15) is 6.61 Å². The maximum Gasteiger partial charge on any atom is 0.293 e. The quantitative estimate of drug-likeness (QED) is 0.397. The van der Waals surface area contributed by atoms with Crippen molar-refractivity contribution in [3.05, 3.63) is 0 Å². The van der Waals surface area contributed by atoms with Crippen LogP contribution in [0, 0.1) is 5.41 Å². The Morgan fingerprint density at radius 3 is 2.75 bits per heavy atom. The summed E-state index contributed by atoms with van der Waals surface area (Å²) in [5, 5.41) is -0.155. The molecular formula is C9H17O5PS. The normalized spacial score (nSPS) is 14.1. The standard InChI is InChI=1S/C9H17O5PS/c1-9(2,6-13-7-10)8(11)16-5-4-14-15(3)12/h7,15H,4-6H2,1-3H3/i7D. The van der Waals surface area contributed by atoms with Crippen molar-refractivity contribution in [2.75, 3.05) is 25.6 Å². The molecule has 0 aliphatic rings. The highest BCUT2D eigenvalue weighted by molar-refractivity contribution is 8.13. The highest BCUT2D eigenvalue weighted by atomic mass is 32.2. The molecule has 0 aliphatic heterocycles. The highest BCUT2D eigenvalue weighted by Crippen LogP contribution is 2.25. The minimum atomic E-state index is -1.96. The molecule has 5 nitrogen and oxygen atoms in total. The summed E-state index contributed by atoms with van der Waals surface area (Å²) < 4.78 is 26.6. The summed E-state index contributed by atoms with van der Waals surface area (Å²) in [6.45, 7) is 4.88. The monoisotopic (exact) mass is 269 g/mol. The summed E-state index contributed by atoms with van der Waals surface area (Å²) in [5.41, 5.74) is -0.834. The largest absolute Gasteiger partial charge is 0.467 e. The van der Waals surface area contributed by atoms with Gasteiger partial charge in [0.2, 0.25) is 0 Å². The van der Waals surface area contributed by atoms with Crippen molar-refractivity contribution in [3.63, 3.8) is 0 Å². The van der Waals surface area contributed by atoms with Crippen LogP contribution < -0.4 is 0 Å². The van der Waals surface area contributed by atoms with Crippen molar-refractivity contribution in [3.8, 4) is 0 Å². The van der Waals surface area contributed by atoms with Gasteiger partial charge in [0.15, 0.2) is 14.5 Å². The molecule has 0 aromatic carbocycles. The first-order chi connectivity index (χ1) is 7.75. The van der Waals surface area contributed by atoms with Crippen LogP contribution in [-0.4, -0.2) is 37.2 Å². The fourth-order valence-corrected chi connectivity index (χ4v) is 2.12. The number of hydrogen-bond acceptors (Lipinski definition) is 6. The minimum Gasteiger partial charge on any atom is -0.467 e. The average Bonchev–Trinajstić information content (AvgIpc) is 2.21. The van der Waals surface area contributed by atoms with Gasteiger partial charge < -0.3 is 9.26 Å². The van der Waals surface area contributed by atoms with Gasteiger partial charge in [-0.2, -0.15) is 0 Å². The zero-order chi connectivity index (χ0) is 13.5. The molecule has 0 rings (SSSR count). The first-order valence-corrected chi connectivity index (χ1v) is 7.50. The summed E-state index contributed by atoms with van der Waals surface area (Å²) in [6, 6.07) is 0. The lowest BCUT2D eigenvalue weighted by Gasteiger charge is -2.20. The van der Waals surface area contributed by atoms with Gasteiger partial charge in [0, 0.05) is 12.4 Å². The molecular weight excluding hydrogens is 251 g/mol. The molecule has 0 radical (unpaired) electrons. The molecule has 0 spiro atoms. The van der Waals surface area contributed by atoms with E-state index in [1.165, 1.54) is 6.66 Å². The predicted molar refractivity (Wildman–Crippen MR) is 64.1 cm³/mol. The van der Waals surface area contributed by atoms with Crippen LogP contribution in [0.15, 0.2) is 0 Å².